The third kappa shape index (κ3) is 3.51. The molecule has 0 bridgehead atoms. The first-order valence-electron chi connectivity index (χ1n) is 6.42. The van der Waals surface area contributed by atoms with E-state index in [-0.39, 0.29) is 17.9 Å². The molecular weight excluding hydrogens is 352 g/mol. The Morgan fingerprint density at radius 3 is 2.45 bits per heavy atom. The molecule has 0 aromatic heterocycles. The zero-order valence-corrected chi connectivity index (χ0v) is 13.7. The van der Waals surface area contributed by atoms with Gasteiger partial charge < -0.3 is 19.3 Å². The number of methoxy groups -OCH3 is 2. The van der Waals surface area contributed by atoms with Gasteiger partial charge in [0.05, 0.1) is 18.7 Å². The van der Waals surface area contributed by atoms with Gasteiger partial charge in [-0.05, 0) is 40.2 Å². The summed E-state index contributed by atoms with van der Waals surface area (Å²) in [6, 6.07) is 9.67. The number of hydrogen-bond acceptors (Lipinski definition) is 5. The van der Waals surface area contributed by atoms with Crippen molar-refractivity contribution < 1.29 is 24.1 Å². The van der Waals surface area contributed by atoms with Crippen LogP contribution in [0.1, 0.15) is 15.9 Å². The van der Waals surface area contributed by atoms with Crippen molar-refractivity contribution in [3.05, 3.63) is 52.0 Å². The third-order valence-electron chi connectivity index (χ3n) is 3.04. The largest absolute Gasteiger partial charge is 0.507 e. The zero-order chi connectivity index (χ0) is 16.1. The minimum atomic E-state index is -0.609. The van der Waals surface area contributed by atoms with Gasteiger partial charge in [-0.2, -0.15) is 0 Å². The van der Waals surface area contributed by atoms with Crippen molar-refractivity contribution in [2.45, 2.75) is 6.61 Å². The number of hydrogen-bond donors (Lipinski definition) is 1. The predicted octanol–water partition coefficient (Wildman–Crippen LogP) is 3.53. The highest BCUT2D eigenvalue weighted by Gasteiger charge is 2.15. The van der Waals surface area contributed by atoms with E-state index in [0.29, 0.717) is 17.1 Å². The van der Waals surface area contributed by atoms with Gasteiger partial charge in [-0.3, -0.25) is 0 Å². The number of carbonyl (C=O) groups is 1. The first-order valence-corrected chi connectivity index (χ1v) is 7.21. The Hall–Kier alpha value is -2.21. The molecule has 0 saturated carbocycles. The van der Waals surface area contributed by atoms with Crippen LogP contribution in [0.5, 0.6) is 17.2 Å². The quantitative estimate of drug-likeness (QED) is 0.820. The number of para-hydroxylation sites is 1. The average molecular weight is 367 g/mol. The normalized spacial score (nSPS) is 10.1. The van der Waals surface area contributed by atoms with E-state index in [1.165, 1.54) is 19.2 Å². The molecule has 0 atom stereocenters. The van der Waals surface area contributed by atoms with Gasteiger partial charge in [0.25, 0.3) is 0 Å². The lowest BCUT2D eigenvalue weighted by Crippen LogP contribution is -2.06. The minimum Gasteiger partial charge on any atom is -0.507 e. The summed E-state index contributed by atoms with van der Waals surface area (Å²) in [4.78, 5) is 12.0. The lowest BCUT2D eigenvalue weighted by Gasteiger charge is -2.13. The van der Waals surface area contributed by atoms with Gasteiger partial charge >= 0.3 is 5.97 Å². The van der Waals surface area contributed by atoms with Crippen molar-refractivity contribution in [1.82, 2.24) is 0 Å². The summed E-state index contributed by atoms with van der Waals surface area (Å²) < 4.78 is 16.4. The van der Waals surface area contributed by atoms with Crippen molar-refractivity contribution in [3.63, 3.8) is 0 Å². The zero-order valence-electron chi connectivity index (χ0n) is 12.1. The topological polar surface area (TPSA) is 65.0 Å². The summed E-state index contributed by atoms with van der Waals surface area (Å²) in [6.45, 7) is -0.0000189. The van der Waals surface area contributed by atoms with Gasteiger partial charge in [0, 0.05) is 5.56 Å². The van der Waals surface area contributed by atoms with Gasteiger partial charge in [-0.25, -0.2) is 4.79 Å². The minimum absolute atomic E-state index is 0.0000189. The molecule has 2 rings (SSSR count). The maximum atomic E-state index is 12.0. The number of rotatable bonds is 5. The van der Waals surface area contributed by atoms with E-state index in [1.807, 2.05) is 0 Å². The van der Waals surface area contributed by atoms with Gasteiger partial charge in [-0.15, -0.1) is 0 Å². The highest BCUT2D eigenvalue weighted by Crippen LogP contribution is 2.33. The van der Waals surface area contributed by atoms with Crippen LogP contribution in [0.15, 0.2) is 40.9 Å². The van der Waals surface area contributed by atoms with Crippen molar-refractivity contribution in [2.24, 2.45) is 0 Å². The van der Waals surface area contributed by atoms with Crippen LogP contribution in [0, 0.1) is 0 Å². The highest BCUT2D eigenvalue weighted by molar-refractivity contribution is 9.10. The molecule has 0 heterocycles. The van der Waals surface area contributed by atoms with Gasteiger partial charge in [0.1, 0.15) is 29.4 Å². The van der Waals surface area contributed by atoms with Crippen LogP contribution in [0.25, 0.3) is 0 Å². The SMILES string of the molecule is COc1cc(COC(=O)c2ccccc2O)c(OC)cc1Br. The maximum Gasteiger partial charge on any atom is 0.342 e. The van der Waals surface area contributed by atoms with Crippen molar-refractivity contribution in [3.8, 4) is 17.2 Å². The molecule has 0 radical (unpaired) electrons. The monoisotopic (exact) mass is 366 g/mol. The summed E-state index contributed by atoms with van der Waals surface area (Å²) in [5.74, 6) is 0.446. The summed E-state index contributed by atoms with van der Waals surface area (Å²) in [5, 5.41) is 9.65. The van der Waals surface area contributed by atoms with Crippen LogP contribution in [-0.2, 0) is 11.3 Å². The molecule has 0 aliphatic carbocycles. The van der Waals surface area contributed by atoms with Gasteiger partial charge in [0.15, 0.2) is 0 Å². The molecule has 0 aliphatic rings. The van der Waals surface area contributed by atoms with Crippen molar-refractivity contribution >= 4 is 21.9 Å². The summed E-state index contributed by atoms with van der Waals surface area (Å²) in [6.07, 6.45) is 0. The van der Waals surface area contributed by atoms with Crippen molar-refractivity contribution in [1.29, 1.82) is 0 Å². The fraction of sp³-hybridized carbons (Fsp3) is 0.188. The molecule has 2 aromatic carbocycles. The second kappa shape index (κ2) is 7.17. The second-order valence-electron chi connectivity index (χ2n) is 4.39. The fourth-order valence-corrected chi connectivity index (χ4v) is 2.39. The predicted molar refractivity (Wildman–Crippen MR) is 84.5 cm³/mol. The number of aromatic hydroxyl groups is 1. The molecule has 0 fully saturated rings. The smallest absolute Gasteiger partial charge is 0.342 e. The van der Waals surface area contributed by atoms with Crippen LogP contribution in [0.4, 0.5) is 0 Å². The Kier molecular flexibility index (Phi) is 5.27. The van der Waals surface area contributed by atoms with Crippen LogP contribution in [0.2, 0.25) is 0 Å². The van der Waals surface area contributed by atoms with Crippen molar-refractivity contribution in [2.75, 3.05) is 14.2 Å². The number of phenolic OH excluding ortho intramolecular Hbond substituents is 1. The van der Waals surface area contributed by atoms with E-state index >= 15 is 0 Å². The van der Waals surface area contributed by atoms with E-state index in [0.717, 1.165) is 4.47 Å². The van der Waals surface area contributed by atoms with E-state index in [2.05, 4.69) is 15.9 Å². The van der Waals surface area contributed by atoms with Crippen LogP contribution in [-0.4, -0.2) is 25.3 Å². The van der Waals surface area contributed by atoms with Crippen LogP contribution in [0.3, 0.4) is 0 Å². The fourth-order valence-electron chi connectivity index (χ4n) is 1.90. The molecule has 0 saturated heterocycles. The number of esters is 1. The van der Waals surface area contributed by atoms with Gasteiger partial charge in [0.2, 0.25) is 0 Å². The maximum absolute atomic E-state index is 12.0. The summed E-state index contributed by atoms with van der Waals surface area (Å²) in [7, 11) is 3.08. The molecule has 116 valence electrons. The highest BCUT2D eigenvalue weighted by atomic mass is 79.9. The lowest BCUT2D eigenvalue weighted by molar-refractivity contribution is 0.0466. The Labute approximate surface area is 136 Å². The number of halogens is 1. The van der Waals surface area contributed by atoms with E-state index < -0.39 is 5.97 Å². The van der Waals surface area contributed by atoms with Crippen LogP contribution >= 0.6 is 15.9 Å². The first-order chi connectivity index (χ1) is 10.6. The van der Waals surface area contributed by atoms with E-state index in [4.69, 9.17) is 14.2 Å². The molecule has 0 spiro atoms. The molecule has 0 amide bonds. The molecule has 0 aliphatic heterocycles. The molecule has 1 N–H and O–H groups in total. The average Bonchev–Trinajstić information content (AvgIpc) is 2.53. The molecule has 22 heavy (non-hydrogen) atoms. The Morgan fingerprint density at radius 2 is 1.82 bits per heavy atom. The number of carbonyl (C=O) groups excluding carboxylic acids is 1. The molecule has 5 nitrogen and oxygen atoms in total. The first kappa shape index (κ1) is 16.2. The number of ether oxygens (including phenoxy) is 3. The Morgan fingerprint density at radius 1 is 1.14 bits per heavy atom. The van der Waals surface area contributed by atoms with E-state index in [1.54, 1.807) is 31.4 Å². The summed E-state index contributed by atoms with van der Waals surface area (Å²) >= 11 is 3.36. The second-order valence-corrected chi connectivity index (χ2v) is 5.25. The summed E-state index contributed by atoms with van der Waals surface area (Å²) in [5.41, 5.74) is 0.775. The molecule has 0 unspecified atom stereocenters. The molecule has 2 aromatic rings. The van der Waals surface area contributed by atoms with Gasteiger partial charge in [-0.1, -0.05) is 12.1 Å². The number of phenols is 1. The molecular formula is C16H15BrO5. The standard InChI is InChI=1S/C16H15BrO5/c1-20-14-8-12(17)15(21-2)7-10(14)9-22-16(19)11-5-3-4-6-13(11)18/h3-8,18H,9H2,1-2H3. The molecule has 6 heteroatoms. The number of benzene rings is 2. The lowest BCUT2D eigenvalue weighted by atomic mass is 10.2. The Bertz CT molecular complexity index is 684. The third-order valence-corrected chi connectivity index (χ3v) is 3.66. The van der Waals surface area contributed by atoms with E-state index in [9.17, 15) is 9.90 Å². The van der Waals surface area contributed by atoms with Crippen LogP contribution < -0.4 is 9.47 Å². The Balaban J connectivity index is 2.17.